The van der Waals surface area contributed by atoms with E-state index < -0.39 is 0 Å². The highest BCUT2D eigenvalue weighted by atomic mass is 16.5. The summed E-state index contributed by atoms with van der Waals surface area (Å²) in [5.41, 5.74) is 0. The van der Waals surface area contributed by atoms with Gasteiger partial charge in [0.1, 0.15) is 6.10 Å². The van der Waals surface area contributed by atoms with E-state index in [9.17, 15) is 0 Å². The highest BCUT2D eigenvalue weighted by molar-refractivity contribution is 4.89. The van der Waals surface area contributed by atoms with Crippen molar-refractivity contribution < 1.29 is 9.15 Å². The van der Waals surface area contributed by atoms with Gasteiger partial charge in [-0.2, -0.15) is 0 Å². The monoisotopic (exact) mass is 225 g/mol. The molecule has 0 spiro atoms. The van der Waals surface area contributed by atoms with Crippen LogP contribution in [-0.4, -0.2) is 29.9 Å². The molecular weight excluding hydrogens is 206 g/mol. The molecule has 0 bridgehead atoms. The number of nitrogens with one attached hydrogen (secondary N) is 1. The van der Waals surface area contributed by atoms with E-state index in [-0.39, 0.29) is 6.10 Å². The van der Waals surface area contributed by atoms with Crippen LogP contribution in [0.25, 0.3) is 0 Å². The van der Waals surface area contributed by atoms with Crippen LogP contribution in [-0.2, 0) is 11.2 Å². The van der Waals surface area contributed by atoms with E-state index in [1.165, 1.54) is 0 Å². The summed E-state index contributed by atoms with van der Waals surface area (Å²) in [5.74, 6) is 1.34. The number of hydrogen-bond acceptors (Lipinski definition) is 5. The van der Waals surface area contributed by atoms with Crippen molar-refractivity contribution in [1.29, 1.82) is 0 Å². The zero-order valence-corrected chi connectivity index (χ0v) is 9.74. The number of ether oxygens (including phenoxy) is 1. The van der Waals surface area contributed by atoms with Gasteiger partial charge in [-0.15, -0.1) is 10.2 Å². The summed E-state index contributed by atoms with van der Waals surface area (Å²) in [4.78, 5) is 0. The maximum absolute atomic E-state index is 5.56. The number of rotatable bonds is 6. The second kappa shape index (κ2) is 5.96. The Balaban J connectivity index is 1.77. The molecule has 1 aliphatic rings. The average Bonchev–Trinajstić information content (AvgIpc) is 2.94. The summed E-state index contributed by atoms with van der Waals surface area (Å²) in [5, 5.41) is 11.4. The van der Waals surface area contributed by atoms with Crippen LogP contribution in [0.2, 0.25) is 0 Å². The largest absolute Gasteiger partial charge is 0.422 e. The molecule has 16 heavy (non-hydrogen) atoms. The van der Waals surface area contributed by atoms with Gasteiger partial charge in [0, 0.05) is 19.6 Å². The molecule has 90 valence electrons. The molecular formula is C11H19N3O2. The normalized spacial score (nSPS) is 20.4. The van der Waals surface area contributed by atoms with E-state index in [2.05, 4.69) is 22.4 Å². The van der Waals surface area contributed by atoms with E-state index in [0.717, 1.165) is 45.4 Å². The maximum Gasteiger partial charge on any atom is 0.245 e. The minimum atomic E-state index is 0.0323. The minimum absolute atomic E-state index is 0.0323. The second-order valence-electron chi connectivity index (χ2n) is 4.04. The van der Waals surface area contributed by atoms with Crippen LogP contribution in [0.15, 0.2) is 4.42 Å². The first-order chi connectivity index (χ1) is 7.90. The van der Waals surface area contributed by atoms with Gasteiger partial charge in [0.25, 0.3) is 0 Å². The Morgan fingerprint density at radius 3 is 3.06 bits per heavy atom. The molecule has 2 rings (SSSR count). The Kier molecular flexibility index (Phi) is 4.30. The molecule has 0 radical (unpaired) electrons. The fourth-order valence-corrected chi connectivity index (χ4v) is 1.77. The minimum Gasteiger partial charge on any atom is -0.422 e. The topological polar surface area (TPSA) is 60.2 Å². The highest BCUT2D eigenvalue weighted by Crippen LogP contribution is 2.27. The molecule has 5 heteroatoms. The third-order valence-electron chi connectivity index (χ3n) is 2.63. The van der Waals surface area contributed by atoms with Crippen molar-refractivity contribution >= 4 is 0 Å². The van der Waals surface area contributed by atoms with Crippen molar-refractivity contribution in [3.63, 3.8) is 0 Å². The molecule has 2 heterocycles. The number of nitrogens with zero attached hydrogens (tertiary/aromatic N) is 2. The van der Waals surface area contributed by atoms with Crippen LogP contribution in [0, 0.1) is 0 Å². The lowest BCUT2D eigenvalue weighted by Crippen LogP contribution is -2.17. The Hall–Kier alpha value is -0.940. The van der Waals surface area contributed by atoms with Crippen LogP contribution < -0.4 is 5.32 Å². The van der Waals surface area contributed by atoms with Crippen molar-refractivity contribution in [2.45, 2.75) is 38.7 Å². The van der Waals surface area contributed by atoms with Gasteiger partial charge in [0.05, 0.1) is 0 Å². The SMILES string of the molecule is CCCNCCc1nnc(C2CCCO2)o1. The highest BCUT2D eigenvalue weighted by Gasteiger charge is 2.23. The average molecular weight is 225 g/mol. The molecule has 1 aliphatic heterocycles. The Labute approximate surface area is 95.6 Å². The lowest BCUT2D eigenvalue weighted by molar-refractivity contribution is 0.0881. The van der Waals surface area contributed by atoms with E-state index in [4.69, 9.17) is 9.15 Å². The quantitative estimate of drug-likeness (QED) is 0.743. The molecule has 1 aromatic rings. The van der Waals surface area contributed by atoms with Crippen molar-refractivity contribution in [2.75, 3.05) is 19.7 Å². The van der Waals surface area contributed by atoms with Crippen LogP contribution >= 0.6 is 0 Å². The smallest absolute Gasteiger partial charge is 0.245 e. The molecule has 1 atom stereocenters. The van der Waals surface area contributed by atoms with Gasteiger partial charge < -0.3 is 14.5 Å². The van der Waals surface area contributed by atoms with E-state index in [1.54, 1.807) is 0 Å². The predicted molar refractivity (Wildman–Crippen MR) is 59.1 cm³/mol. The second-order valence-corrected chi connectivity index (χ2v) is 4.04. The zero-order valence-electron chi connectivity index (χ0n) is 9.74. The molecule has 0 amide bonds. The molecule has 1 unspecified atom stereocenters. The van der Waals surface area contributed by atoms with E-state index in [0.29, 0.717) is 11.8 Å². The maximum atomic E-state index is 5.56. The summed E-state index contributed by atoms with van der Waals surface area (Å²) in [6.45, 7) is 4.88. The third-order valence-corrected chi connectivity index (χ3v) is 2.63. The molecule has 5 nitrogen and oxygen atoms in total. The Bertz CT molecular complexity index is 308. The standard InChI is InChI=1S/C11H19N3O2/c1-2-6-12-7-5-10-13-14-11(16-10)9-4-3-8-15-9/h9,12H,2-8H2,1H3. The lowest BCUT2D eigenvalue weighted by atomic mass is 10.2. The first-order valence-corrected chi connectivity index (χ1v) is 6.04. The van der Waals surface area contributed by atoms with E-state index in [1.807, 2.05) is 0 Å². The summed E-state index contributed by atoms with van der Waals surface area (Å²) in [7, 11) is 0. The van der Waals surface area contributed by atoms with Gasteiger partial charge in [-0.25, -0.2) is 0 Å². The first kappa shape index (κ1) is 11.5. The molecule has 1 saturated heterocycles. The van der Waals surface area contributed by atoms with Gasteiger partial charge in [0.15, 0.2) is 0 Å². The summed E-state index contributed by atoms with van der Waals surface area (Å²) >= 11 is 0. The van der Waals surface area contributed by atoms with Gasteiger partial charge >= 0.3 is 0 Å². The number of hydrogen-bond donors (Lipinski definition) is 1. The van der Waals surface area contributed by atoms with Gasteiger partial charge in [-0.05, 0) is 25.8 Å². The summed E-state index contributed by atoms with van der Waals surface area (Å²) in [6.07, 6.45) is 4.05. The van der Waals surface area contributed by atoms with Crippen LogP contribution in [0.5, 0.6) is 0 Å². The molecule has 0 aliphatic carbocycles. The molecule has 0 aromatic carbocycles. The van der Waals surface area contributed by atoms with Crippen LogP contribution in [0.1, 0.15) is 44.1 Å². The zero-order chi connectivity index (χ0) is 11.2. The van der Waals surface area contributed by atoms with Gasteiger partial charge in [-0.3, -0.25) is 0 Å². The predicted octanol–water partition coefficient (Wildman–Crippen LogP) is 1.46. The first-order valence-electron chi connectivity index (χ1n) is 6.04. The third kappa shape index (κ3) is 3.02. The molecule has 1 fully saturated rings. The van der Waals surface area contributed by atoms with Crippen LogP contribution in [0.3, 0.4) is 0 Å². The van der Waals surface area contributed by atoms with Crippen molar-refractivity contribution in [1.82, 2.24) is 15.5 Å². The Morgan fingerprint density at radius 2 is 2.31 bits per heavy atom. The Morgan fingerprint density at radius 1 is 1.38 bits per heavy atom. The van der Waals surface area contributed by atoms with Crippen LogP contribution in [0.4, 0.5) is 0 Å². The fourth-order valence-electron chi connectivity index (χ4n) is 1.77. The van der Waals surface area contributed by atoms with Gasteiger partial charge in [-0.1, -0.05) is 6.92 Å². The lowest BCUT2D eigenvalue weighted by Gasteiger charge is -2.01. The van der Waals surface area contributed by atoms with Crippen molar-refractivity contribution in [3.05, 3.63) is 11.8 Å². The number of aromatic nitrogens is 2. The fraction of sp³-hybridized carbons (Fsp3) is 0.818. The molecule has 0 saturated carbocycles. The summed E-state index contributed by atoms with van der Waals surface area (Å²) < 4.78 is 11.0. The van der Waals surface area contributed by atoms with Crippen molar-refractivity contribution in [3.8, 4) is 0 Å². The summed E-state index contributed by atoms with van der Waals surface area (Å²) in [6, 6.07) is 0. The molecule has 1 aromatic heterocycles. The van der Waals surface area contributed by atoms with Gasteiger partial charge in [0.2, 0.25) is 11.8 Å². The van der Waals surface area contributed by atoms with Crippen molar-refractivity contribution in [2.24, 2.45) is 0 Å². The van der Waals surface area contributed by atoms with E-state index >= 15 is 0 Å². The molecule has 1 N–H and O–H groups in total.